The predicted octanol–water partition coefficient (Wildman–Crippen LogP) is 2.10. The van der Waals surface area contributed by atoms with Crippen LogP contribution in [0, 0.1) is 10.8 Å². The van der Waals surface area contributed by atoms with Crippen LogP contribution in [0.3, 0.4) is 0 Å². The maximum absolute atomic E-state index is 11.9. The van der Waals surface area contributed by atoms with Crippen LogP contribution in [0.2, 0.25) is 0 Å². The fourth-order valence-corrected chi connectivity index (χ4v) is 2.62. The van der Waals surface area contributed by atoms with Gasteiger partial charge >= 0.3 is 11.9 Å². The number of ether oxygens (including phenoxy) is 1. The van der Waals surface area contributed by atoms with E-state index in [1.807, 2.05) is 6.92 Å². The van der Waals surface area contributed by atoms with E-state index in [-0.39, 0.29) is 17.6 Å². The molecule has 0 amide bonds. The predicted molar refractivity (Wildman–Crippen MR) is 79.3 cm³/mol. The van der Waals surface area contributed by atoms with Gasteiger partial charge in [-0.15, -0.1) is 0 Å². The first-order valence-corrected chi connectivity index (χ1v) is 7.22. The van der Waals surface area contributed by atoms with Crippen molar-refractivity contribution >= 4 is 18.2 Å². The molecule has 1 saturated carbocycles. The van der Waals surface area contributed by atoms with Gasteiger partial charge in [-0.2, -0.15) is 0 Å². The fourth-order valence-electron chi connectivity index (χ4n) is 2.62. The molecule has 3 N–H and O–H groups in total. The van der Waals surface area contributed by atoms with Crippen LogP contribution in [-0.2, 0) is 14.3 Å². The highest BCUT2D eigenvalue weighted by Crippen LogP contribution is 2.37. The van der Waals surface area contributed by atoms with E-state index in [9.17, 15) is 9.59 Å². The highest BCUT2D eigenvalue weighted by atomic mass is 16.5. The second-order valence-corrected chi connectivity index (χ2v) is 5.69. The third-order valence-corrected chi connectivity index (χ3v) is 4.06. The second-order valence-electron chi connectivity index (χ2n) is 5.69. The van der Waals surface area contributed by atoms with Crippen LogP contribution in [0.1, 0.15) is 46.5 Å². The number of carboxylic acids is 1. The Hall–Kier alpha value is -1.85. The normalized spacial score (nSPS) is 26.5. The summed E-state index contributed by atoms with van der Waals surface area (Å²) in [4.78, 5) is 22.9. The van der Waals surface area contributed by atoms with Crippen molar-refractivity contribution in [1.29, 1.82) is 5.41 Å². The molecule has 0 aromatic carbocycles. The molecule has 0 heterocycles. The van der Waals surface area contributed by atoms with Gasteiger partial charge < -0.3 is 20.6 Å². The summed E-state index contributed by atoms with van der Waals surface area (Å²) in [6, 6.07) is 0.127. The number of carboxylic acid groups (broad SMARTS) is 1. The fraction of sp³-hybridized carbons (Fsp3) is 0.667. The molecule has 1 fully saturated rings. The van der Waals surface area contributed by atoms with Crippen LogP contribution in [0.5, 0.6) is 0 Å². The van der Waals surface area contributed by atoms with Crippen molar-refractivity contribution in [3.05, 3.63) is 11.3 Å². The number of hydrogen-bond donors (Lipinski definition) is 3. The molecule has 0 aliphatic heterocycles. The van der Waals surface area contributed by atoms with E-state index in [1.165, 1.54) is 0 Å². The van der Waals surface area contributed by atoms with Crippen molar-refractivity contribution in [2.45, 2.75) is 52.5 Å². The number of hydrogen-bond acceptors (Lipinski definition) is 5. The summed E-state index contributed by atoms with van der Waals surface area (Å²) in [5.41, 5.74) is 0.0131. The molecule has 0 atom stereocenters. The molecule has 6 heteroatoms. The average Bonchev–Trinajstić information content (AvgIpc) is 2.42. The van der Waals surface area contributed by atoms with E-state index in [0.29, 0.717) is 25.1 Å². The molecule has 1 aliphatic rings. The number of aliphatic carboxylic acids is 1. The monoisotopic (exact) mass is 296 g/mol. The van der Waals surface area contributed by atoms with E-state index >= 15 is 0 Å². The first kappa shape index (κ1) is 17.2. The van der Waals surface area contributed by atoms with Gasteiger partial charge in [0, 0.05) is 18.0 Å². The van der Waals surface area contributed by atoms with Crippen molar-refractivity contribution < 1.29 is 19.4 Å². The Morgan fingerprint density at radius 1 is 1.43 bits per heavy atom. The Labute approximate surface area is 125 Å². The Morgan fingerprint density at radius 2 is 2.00 bits per heavy atom. The van der Waals surface area contributed by atoms with Crippen molar-refractivity contribution in [1.82, 2.24) is 5.32 Å². The number of nitrogens with one attached hydrogen (secondary N) is 2. The number of esters is 1. The highest BCUT2D eigenvalue weighted by Gasteiger charge is 2.38. The molecule has 1 aliphatic carbocycles. The SMILES string of the molecule is CCOC(=O)[C@]1(C)CC[C@@H](N/C(C)=C(\C=N)C(=O)O)CC1. The average molecular weight is 296 g/mol. The minimum Gasteiger partial charge on any atom is -0.478 e. The molecular weight excluding hydrogens is 272 g/mol. The largest absolute Gasteiger partial charge is 0.478 e. The third-order valence-electron chi connectivity index (χ3n) is 4.06. The van der Waals surface area contributed by atoms with Crippen molar-refractivity contribution in [2.24, 2.45) is 5.41 Å². The van der Waals surface area contributed by atoms with Crippen molar-refractivity contribution in [3.63, 3.8) is 0 Å². The number of rotatable bonds is 6. The van der Waals surface area contributed by atoms with Gasteiger partial charge in [0.25, 0.3) is 0 Å². The summed E-state index contributed by atoms with van der Waals surface area (Å²) in [6.45, 7) is 5.77. The van der Waals surface area contributed by atoms with E-state index in [4.69, 9.17) is 15.3 Å². The van der Waals surface area contributed by atoms with E-state index in [1.54, 1.807) is 13.8 Å². The summed E-state index contributed by atoms with van der Waals surface area (Å²) in [6.07, 6.45) is 3.82. The summed E-state index contributed by atoms with van der Waals surface area (Å²) >= 11 is 0. The number of allylic oxidation sites excluding steroid dienone is 1. The zero-order chi connectivity index (χ0) is 16.0. The van der Waals surface area contributed by atoms with Crippen molar-refractivity contribution in [2.75, 3.05) is 6.61 Å². The number of carbonyl (C=O) groups excluding carboxylic acids is 1. The van der Waals surface area contributed by atoms with Gasteiger partial charge in [0.15, 0.2) is 0 Å². The molecule has 0 bridgehead atoms. The van der Waals surface area contributed by atoms with Gasteiger partial charge in [0.2, 0.25) is 0 Å². The lowest BCUT2D eigenvalue weighted by atomic mass is 9.74. The van der Waals surface area contributed by atoms with Gasteiger partial charge in [0.05, 0.1) is 17.6 Å². The van der Waals surface area contributed by atoms with E-state index < -0.39 is 11.4 Å². The minimum absolute atomic E-state index is 0.0336. The van der Waals surface area contributed by atoms with Gasteiger partial charge in [-0.25, -0.2) is 4.79 Å². The van der Waals surface area contributed by atoms with Crippen LogP contribution >= 0.6 is 0 Å². The maximum atomic E-state index is 11.9. The maximum Gasteiger partial charge on any atom is 0.338 e. The Kier molecular flexibility index (Phi) is 5.93. The van der Waals surface area contributed by atoms with Crippen LogP contribution in [0.15, 0.2) is 11.3 Å². The molecule has 0 aromatic rings. The topological polar surface area (TPSA) is 99.5 Å². The Balaban J connectivity index is 2.63. The summed E-state index contributed by atoms with van der Waals surface area (Å²) in [5.74, 6) is -1.26. The standard InChI is InChI=1S/C15H24N2O4/c1-4-21-14(20)15(3)7-5-11(6-8-15)17-10(2)12(9-16)13(18)19/h9,11,16-17H,4-8H2,1-3H3,(H,18,19)/b12-10+,16-9?/t11-,15-. The number of carbonyl (C=O) groups is 2. The molecule has 0 aromatic heterocycles. The zero-order valence-corrected chi connectivity index (χ0v) is 12.9. The van der Waals surface area contributed by atoms with Gasteiger partial charge in [0.1, 0.15) is 0 Å². The molecule has 21 heavy (non-hydrogen) atoms. The molecule has 6 nitrogen and oxygen atoms in total. The Bertz CT molecular complexity index is 449. The van der Waals surface area contributed by atoms with E-state index in [0.717, 1.165) is 19.1 Å². The first-order chi connectivity index (χ1) is 9.84. The summed E-state index contributed by atoms with van der Waals surface area (Å²) in [5, 5.41) is 19.3. The molecule has 0 unspecified atom stereocenters. The molecule has 0 radical (unpaired) electrons. The molecule has 0 spiro atoms. The molecule has 118 valence electrons. The molecule has 0 saturated heterocycles. The van der Waals surface area contributed by atoms with Crippen LogP contribution in [-0.4, -0.2) is 35.9 Å². The van der Waals surface area contributed by atoms with Gasteiger partial charge in [-0.05, 0) is 46.5 Å². The van der Waals surface area contributed by atoms with Gasteiger partial charge in [-0.3, -0.25) is 4.79 Å². The van der Waals surface area contributed by atoms with E-state index in [2.05, 4.69) is 5.32 Å². The highest BCUT2D eigenvalue weighted by molar-refractivity contribution is 6.08. The second kappa shape index (κ2) is 7.24. The third kappa shape index (κ3) is 4.31. The van der Waals surface area contributed by atoms with Crippen LogP contribution in [0.25, 0.3) is 0 Å². The van der Waals surface area contributed by atoms with Crippen LogP contribution < -0.4 is 5.32 Å². The van der Waals surface area contributed by atoms with Crippen LogP contribution in [0.4, 0.5) is 0 Å². The lowest BCUT2D eigenvalue weighted by Gasteiger charge is -2.36. The smallest absolute Gasteiger partial charge is 0.338 e. The molecular formula is C15H24N2O4. The lowest BCUT2D eigenvalue weighted by molar-refractivity contribution is -0.156. The van der Waals surface area contributed by atoms with Gasteiger partial charge in [-0.1, -0.05) is 0 Å². The Morgan fingerprint density at radius 3 is 2.43 bits per heavy atom. The summed E-state index contributed by atoms with van der Waals surface area (Å²) in [7, 11) is 0. The lowest BCUT2D eigenvalue weighted by Crippen LogP contribution is -2.40. The van der Waals surface area contributed by atoms with Crippen molar-refractivity contribution in [3.8, 4) is 0 Å². The zero-order valence-electron chi connectivity index (χ0n) is 12.9. The first-order valence-electron chi connectivity index (χ1n) is 7.22. The summed E-state index contributed by atoms with van der Waals surface area (Å²) < 4.78 is 5.11. The minimum atomic E-state index is -1.11. The molecule has 1 rings (SSSR count). The quantitative estimate of drug-likeness (QED) is 0.396.